The van der Waals surface area contributed by atoms with E-state index in [1.807, 2.05) is 22.6 Å². The minimum absolute atomic E-state index is 0.156. The highest BCUT2D eigenvalue weighted by atomic mass is 127. The Hall–Kier alpha value is -0.470. The summed E-state index contributed by atoms with van der Waals surface area (Å²) in [6.45, 7) is 5.18. The van der Waals surface area contributed by atoms with Gasteiger partial charge in [0, 0.05) is 12.8 Å². The highest BCUT2D eigenvalue weighted by molar-refractivity contribution is 14.1. The monoisotopic (exact) mass is 417 g/mol. The summed E-state index contributed by atoms with van der Waals surface area (Å²) in [5, 5.41) is 2.56. The van der Waals surface area contributed by atoms with Crippen molar-refractivity contribution in [2.75, 3.05) is 4.43 Å². The van der Waals surface area contributed by atoms with Crippen molar-refractivity contribution in [1.82, 2.24) is 5.32 Å². The summed E-state index contributed by atoms with van der Waals surface area (Å²) in [4.78, 5) is 23.8. The number of Topliss-reactive ketones (excluding diaryl/α,β-unsaturated/α-hetero) is 1. The van der Waals surface area contributed by atoms with Crippen molar-refractivity contribution in [2.24, 2.45) is 5.92 Å². The van der Waals surface area contributed by atoms with Gasteiger partial charge in [0.2, 0.25) is 5.92 Å². The van der Waals surface area contributed by atoms with E-state index in [1.54, 1.807) is 20.8 Å². The van der Waals surface area contributed by atoms with Gasteiger partial charge in [-0.25, -0.2) is 13.6 Å². The first-order chi connectivity index (χ1) is 9.54. The first-order valence-corrected chi connectivity index (χ1v) is 8.53. The molecule has 122 valence electrons. The molecular formula is C14H22F2INO3. The highest BCUT2D eigenvalue weighted by Crippen LogP contribution is 2.37. The minimum atomic E-state index is -2.65. The number of rotatable bonds is 4. The Morgan fingerprint density at radius 2 is 1.86 bits per heavy atom. The molecule has 1 aliphatic carbocycles. The molecule has 7 heteroatoms. The second-order valence-corrected chi connectivity index (χ2v) is 7.18. The van der Waals surface area contributed by atoms with Crippen LogP contribution in [0.4, 0.5) is 13.6 Å². The Morgan fingerprint density at radius 3 is 2.29 bits per heavy atom. The maximum atomic E-state index is 13.2. The molecular weight excluding hydrogens is 395 g/mol. The lowest BCUT2D eigenvalue weighted by atomic mass is 9.81. The highest BCUT2D eigenvalue weighted by Gasteiger charge is 2.40. The van der Waals surface area contributed by atoms with Crippen LogP contribution in [0.5, 0.6) is 0 Å². The molecule has 1 unspecified atom stereocenters. The fourth-order valence-electron chi connectivity index (χ4n) is 2.37. The van der Waals surface area contributed by atoms with Crippen molar-refractivity contribution in [3.05, 3.63) is 0 Å². The Bertz CT molecular complexity index is 386. The normalized spacial score (nSPS) is 20.7. The van der Waals surface area contributed by atoms with Gasteiger partial charge in [0.05, 0.1) is 10.5 Å². The predicted octanol–water partition coefficient (Wildman–Crippen LogP) is 3.71. The number of nitrogens with one attached hydrogen (secondary N) is 1. The number of alkyl halides is 3. The van der Waals surface area contributed by atoms with Gasteiger partial charge in [0.25, 0.3) is 0 Å². The Labute approximate surface area is 137 Å². The largest absolute Gasteiger partial charge is 0.444 e. The third-order valence-electron chi connectivity index (χ3n) is 3.38. The molecule has 1 atom stereocenters. The Kier molecular flexibility index (Phi) is 6.36. The summed E-state index contributed by atoms with van der Waals surface area (Å²) >= 11 is 1.92. The van der Waals surface area contributed by atoms with Crippen LogP contribution in [0.3, 0.4) is 0 Å². The van der Waals surface area contributed by atoms with E-state index in [-0.39, 0.29) is 41.8 Å². The van der Waals surface area contributed by atoms with Gasteiger partial charge in [-0.1, -0.05) is 22.6 Å². The van der Waals surface area contributed by atoms with Crippen molar-refractivity contribution in [2.45, 2.75) is 64.0 Å². The SMILES string of the molecule is CC(C)(C)OC(=O)NC(C(=O)CI)C1CCC(F)(F)CC1. The number of amides is 1. The zero-order valence-corrected chi connectivity index (χ0v) is 14.7. The molecule has 1 rings (SSSR count). The summed E-state index contributed by atoms with van der Waals surface area (Å²) in [6.07, 6.45) is -0.689. The number of hydrogen-bond acceptors (Lipinski definition) is 3. The number of alkyl carbamates (subject to hydrolysis) is 1. The molecule has 1 aliphatic rings. The van der Waals surface area contributed by atoms with Crippen LogP contribution in [0.15, 0.2) is 0 Å². The zero-order valence-electron chi connectivity index (χ0n) is 12.5. The van der Waals surface area contributed by atoms with Crippen LogP contribution in [0, 0.1) is 5.92 Å². The number of hydrogen-bond donors (Lipinski definition) is 1. The Balaban J connectivity index is 2.69. The van der Waals surface area contributed by atoms with Gasteiger partial charge < -0.3 is 10.1 Å². The lowest BCUT2D eigenvalue weighted by molar-refractivity contribution is -0.121. The third-order valence-corrected chi connectivity index (χ3v) is 4.14. The lowest BCUT2D eigenvalue weighted by Crippen LogP contribution is -2.49. The summed E-state index contributed by atoms with van der Waals surface area (Å²) in [5.41, 5.74) is -0.665. The van der Waals surface area contributed by atoms with Gasteiger partial charge in [-0.05, 0) is 39.5 Å². The molecule has 1 fully saturated rings. The van der Waals surface area contributed by atoms with Crippen molar-refractivity contribution in [3.8, 4) is 0 Å². The summed E-state index contributed by atoms with van der Waals surface area (Å²) in [5.74, 6) is -3.06. The average molecular weight is 417 g/mol. The molecule has 1 saturated carbocycles. The standard InChI is InChI=1S/C14H22F2INO3/c1-13(2,3)21-12(20)18-11(10(19)8-17)9-4-6-14(15,16)7-5-9/h9,11H,4-8H2,1-3H3,(H,18,20). The predicted molar refractivity (Wildman–Crippen MR) is 84.0 cm³/mol. The third kappa shape index (κ3) is 6.44. The summed E-state index contributed by atoms with van der Waals surface area (Å²) < 4.78 is 31.8. The van der Waals surface area contributed by atoms with Crippen molar-refractivity contribution >= 4 is 34.5 Å². The first-order valence-electron chi connectivity index (χ1n) is 7.00. The van der Waals surface area contributed by atoms with E-state index in [2.05, 4.69) is 5.32 Å². The van der Waals surface area contributed by atoms with E-state index in [0.717, 1.165) is 0 Å². The molecule has 0 aromatic rings. The van der Waals surface area contributed by atoms with Gasteiger partial charge >= 0.3 is 6.09 Å². The topological polar surface area (TPSA) is 55.4 Å². The van der Waals surface area contributed by atoms with Crippen LogP contribution < -0.4 is 5.32 Å². The fraction of sp³-hybridized carbons (Fsp3) is 0.857. The van der Waals surface area contributed by atoms with Crippen molar-refractivity contribution in [1.29, 1.82) is 0 Å². The summed E-state index contributed by atoms with van der Waals surface area (Å²) in [7, 11) is 0. The molecule has 21 heavy (non-hydrogen) atoms. The van der Waals surface area contributed by atoms with Crippen LogP contribution in [0.2, 0.25) is 0 Å². The molecule has 4 nitrogen and oxygen atoms in total. The van der Waals surface area contributed by atoms with Crippen LogP contribution in [-0.2, 0) is 9.53 Å². The van der Waals surface area contributed by atoms with E-state index >= 15 is 0 Å². The second kappa shape index (κ2) is 7.19. The molecule has 1 N–H and O–H groups in total. The molecule has 0 radical (unpaired) electrons. The Morgan fingerprint density at radius 1 is 1.33 bits per heavy atom. The molecule has 0 aromatic heterocycles. The van der Waals surface area contributed by atoms with E-state index < -0.39 is 23.7 Å². The van der Waals surface area contributed by atoms with E-state index in [9.17, 15) is 18.4 Å². The average Bonchev–Trinajstić information content (AvgIpc) is 2.33. The van der Waals surface area contributed by atoms with Crippen LogP contribution >= 0.6 is 22.6 Å². The molecule has 0 spiro atoms. The van der Waals surface area contributed by atoms with Gasteiger partial charge in [0.1, 0.15) is 5.60 Å². The maximum absolute atomic E-state index is 13.2. The second-order valence-electron chi connectivity index (χ2n) is 6.42. The molecule has 0 aliphatic heterocycles. The van der Waals surface area contributed by atoms with Gasteiger partial charge in [-0.2, -0.15) is 0 Å². The minimum Gasteiger partial charge on any atom is -0.444 e. The molecule has 0 aromatic carbocycles. The number of ether oxygens (including phenoxy) is 1. The molecule has 0 bridgehead atoms. The van der Waals surface area contributed by atoms with Crippen LogP contribution in [0.25, 0.3) is 0 Å². The van der Waals surface area contributed by atoms with E-state index in [1.165, 1.54) is 0 Å². The van der Waals surface area contributed by atoms with E-state index in [4.69, 9.17) is 4.74 Å². The fourth-order valence-corrected chi connectivity index (χ4v) is 2.85. The molecule has 0 saturated heterocycles. The number of carbonyl (C=O) groups excluding carboxylic acids is 2. The maximum Gasteiger partial charge on any atom is 0.408 e. The van der Waals surface area contributed by atoms with Gasteiger partial charge in [-0.3, -0.25) is 4.79 Å². The lowest BCUT2D eigenvalue weighted by Gasteiger charge is -2.33. The quantitative estimate of drug-likeness (QED) is 0.561. The number of halogens is 3. The smallest absolute Gasteiger partial charge is 0.408 e. The van der Waals surface area contributed by atoms with Crippen molar-refractivity contribution in [3.63, 3.8) is 0 Å². The zero-order chi connectivity index (χ0) is 16.3. The summed E-state index contributed by atoms with van der Waals surface area (Å²) in [6, 6.07) is -0.743. The number of ketones is 1. The van der Waals surface area contributed by atoms with Gasteiger partial charge in [0.15, 0.2) is 5.78 Å². The van der Waals surface area contributed by atoms with Gasteiger partial charge in [-0.15, -0.1) is 0 Å². The number of carbonyl (C=O) groups is 2. The van der Waals surface area contributed by atoms with Crippen molar-refractivity contribution < 1.29 is 23.1 Å². The van der Waals surface area contributed by atoms with Crippen LogP contribution in [-0.4, -0.2) is 33.9 Å². The van der Waals surface area contributed by atoms with Crippen LogP contribution in [0.1, 0.15) is 46.5 Å². The van der Waals surface area contributed by atoms with E-state index in [0.29, 0.717) is 0 Å². The first kappa shape index (κ1) is 18.6. The molecule has 1 amide bonds. The molecule has 0 heterocycles.